The van der Waals surface area contributed by atoms with Crippen LogP contribution in [0, 0.1) is 0 Å². The predicted molar refractivity (Wildman–Crippen MR) is 67.7 cm³/mol. The first-order valence-electron chi connectivity index (χ1n) is 5.74. The lowest BCUT2D eigenvalue weighted by Crippen LogP contribution is -2.21. The van der Waals surface area contributed by atoms with Crippen molar-refractivity contribution in [3.63, 3.8) is 0 Å². The Kier molecular flexibility index (Phi) is 3.84. The molecule has 1 aromatic heterocycles. The molecule has 0 bridgehead atoms. The van der Waals surface area contributed by atoms with E-state index in [0.29, 0.717) is 22.0 Å². The van der Waals surface area contributed by atoms with Gasteiger partial charge in [0.1, 0.15) is 12.2 Å². The zero-order valence-corrected chi connectivity index (χ0v) is 10.3. The van der Waals surface area contributed by atoms with Gasteiger partial charge in [-0.3, -0.25) is 0 Å². The fraction of sp³-hybridized carbons (Fsp3) is 0.308. The predicted octanol–water partition coefficient (Wildman–Crippen LogP) is 0.341. The van der Waals surface area contributed by atoms with Gasteiger partial charge in [0, 0.05) is 22.7 Å². The molecule has 0 aliphatic carbocycles. The number of hydrogen-bond acceptors (Lipinski definition) is 5. The maximum Gasteiger partial charge on any atom is 0.337 e. The first-order chi connectivity index (χ1) is 9.08. The summed E-state index contributed by atoms with van der Waals surface area (Å²) in [6.45, 7) is -0.534. The number of aliphatic hydroxyl groups is 3. The fourth-order valence-electron chi connectivity index (χ4n) is 1.95. The monoisotopic (exact) mass is 265 g/mol. The Labute approximate surface area is 109 Å². The molecule has 1 aromatic carbocycles. The molecule has 6 nitrogen and oxygen atoms in total. The van der Waals surface area contributed by atoms with Crippen molar-refractivity contribution in [2.24, 2.45) is 0 Å². The van der Waals surface area contributed by atoms with E-state index in [1.165, 1.54) is 13.3 Å². The summed E-state index contributed by atoms with van der Waals surface area (Å²) < 4.78 is 4.62. The van der Waals surface area contributed by atoms with Crippen LogP contribution in [0.25, 0.3) is 10.9 Å². The zero-order chi connectivity index (χ0) is 14.0. The van der Waals surface area contributed by atoms with Gasteiger partial charge in [-0.05, 0) is 12.1 Å². The van der Waals surface area contributed by atoms with Crippen molar-refractivity contribution in [3.8, 4) is 0 Å². The van der Waals surface area contributed by atoms with E-state index >= 15 is 0 Å². The minimum absolute atomic E-state index is 0.389. The lowest BCUT2D eigenvalue weighted by molar-refractivity contribution is -0.0145. The summed E-state index contributed by atoms with van der Waals surface area (Å²) in [5.74, 6) is -0.450. The first kappa shape index (κ1) is 13.5. The van der Waals surface area contributed by atoms with Crippen LogP contribution in [0.4, 0.5) is 0 Å². The van der Waals surface area contributed by atoms with Gasteiger partial charge in [0.05, 0.1) is 19.3 Å². The summed E-state index contributed by atoms with van der Waals surface area (Å²) in [6, 6.07) is 4.83. The SMILES string of the molecule is COC(=O)c1ccc2c(C(O)C(O)CO)c[nH]c2c1. The topological polar surface area (TPSA) is 103 Å². The number of aliphatic hydroxyl groups excluding tert-OH is 3. The number of H-pyrrole nitrogens is 1. The average Bonchev–Trinajstić information content (AvgIpc) is 2.87. The Hall–Kier alpha value is -1.89. The van der Waals surface area contributed by atoms with E-state index in [1.807, 2.05) is 0 Å². The zero-order valence-electron chi connectivity index (χ0n) is 10.3. The molecule has 1 heterocycles. The molecular weight excluding hydrogens is 250 g/mol. The van der Waals surface area contributed by atoms with Gasteiger partial charge in [0.25, 0.3) is 0 Å². The second-order valence-corrected chi connectivity index (χ2v) is 4.19. The van der Waals surface area contributed by atoms with Gasteiger partial charge >= 0.3 is 5.97 Å². The minimum atomic E-state index is -1.25. The second-order valence-electron chi connectivity index (χ2n) is 4.19. The van der Waals surface area contributed by atoms with Crippen molar-refractivity contribution in [2.75, 3.05) is 13.7 Å². The van der Waals surface area contributed by atoms with E-state index in [-0.39, 0.29) is 0 Å². The van der Waals surface area contributed by atoms with Crippen molar-refractivity contribution in [3.05, 3.63) is 35.5 Å². The number of benzene rings is 1. The van der Waals surface area contributed by atoms with Crippen LogP contribution in [0.3, 0.4) is 0 Å². The smallest absolute Gasteiger partial charge is 0.337 e. The van der Waals surface area contributed by atoms with Crippen molar-refractivity contribution >= 4 is 16.9 Å². The normalized spacial score (nSPS) is 14.3. The number of esters is 1. The van der Waals surface area contributed by atoms with Crippen LogP contribution >= 0.6 is 0 Å². The number of rotatable bonds is 4. The van der Waals surface area contributed by atoms with Crippen LogP contribution in [0.15, 0.2) is 24.4 Å². The highest BCUT2D eigenvalue weighted by Gasteiger charge is 2.21. The highest BCUT2D eigenvalue weighted by atomic mass is 16.5. The molecule has 19 heavy (non-hydrogen) atoms. The van der Waals surface area contributed by atoms with Gasteiger partial charge in [-0.1, -0.05) is 6.07 Å². The quantitative estimate of drug-likeness (QED) is 0.597. The maximum absolute atomic E-state index is 11.4. The van der Waals surface area contributed by atoms with Crippen LogP contribution in [-0.4, -0.2) is 46.1 Å². The van der Waals surface area contributed by atoms with Crippen LogP contribution in [-0.2, 0) is 4.74 Å². The van der Waals surface area contributed by atoms with Crippen LogP contribution in [0.2, 0.25) is 0 Å². The molecule has 4 N–H and O–H groups in total. The summed E-state index contributed by atoms with van der Waals surface area (Å²) in [4.78, 5) is 14.3. The maximum atomic E-state index is 11.4. The highest BCUT2D eigenvalue weighted by molar-refractivity contribution is 5.95. The Bertz CT molecular complexity index is 592. The standard InChI is InChI=1S/C13H15NO5/c1-19-13(18)7-2-3-8-9(5-14-10(8)4-7)12(17)11(16)6-15/h2-5,11-12,14-17H,6H2,1H3. The molecular formula is C13H15NO5. The van der Waals surface area contributed by atoms with E-state index in [9.17, 15) is 15.0 Å². The Morgan fingerprint density at radius 1 is 1.42 bits per heavy atom. The Morgan fingerprint density at radius 3 is 2.79 bits per heavy atom. The summed E-state index contributed by atoms with van der Waals surface area (Å²) in [7, 11) is 1.30. The fourth-order valence-corrected chi connectivity index (χ4v) is 1.95. The number of aromatic nitrogens is 1. The number of hydrogen-bond donors (Lipinski definition) is 4. The van der Waals surface area contributed by atoms with Crippen molar-refractivity contribution in [1.29, 1.82) is 0 Å². The molecule has 102 valence electrons. The number of carbonyl (C=O) groups is 1. The summed E-state index contributed by atoms with van der Waals surface area (Å²) in [6.07, 6.45) is -0.906. The van der Waals surface area contributed by atoms with Crippen molar-refractivity contribution < 1.29 is 24.9 Å². The van der Waals surface area contributed by atoms with E-state index in [0.717, 1.165) is 0 Å². The average molecular weight is 265 g/mol. The third-order valence-corrected chi connectivity index (χ3v) is 3.01. The van der Waals surface area contributed by atoms with Gasteiger partial charge in [0.15, 0.2) is 0 Å². The lowest BCUT2D eigenvalue weighted by atomic mass is 10.0. The van der Waals surface area contributed by atoms with Crippen molar-refractivity contribution in [2.45, 2.75) is 12.2 Å². The molecule has 0 aliphatic rings. The largest absolute Gasteiger partial charge is 0.465 e. The molecule has 0 saturated carbocycles. The first-order valence-corrected chi connectivity index (χ1v) is 5.74. The van der Waals surface area contributed by atoms with E-state index in [4.69, 9.17) is 5.11 Å². The molecule has 0 aliphatic heterocycles. The number of methoxy groups -OCH3 is 1. The number of aromatic amines is 1. The third-order valence-electron chi connectivity index (χ3n) is 3.01. The highest BCUT2D eigenvalue weighted by Crippen LogP contribution is 2.27. The Morgan fingerprint density at radius 2 is 2.16 bits per heavy atom. The number of carbonyl (C=O) groups excluding carboxylic acids is 1. The third kappa shape index (κ3) is 2.46. The lowest BCUT2D eigenvalue weighted by Gasteiger charge is -2.14. The molecule has 2 aromatic rings. The van der Waals surface area contributed by atoms with E-state index in [2.05, 4.69) is 9.72 Å². The van der Waals surface area contributed by atoms with Gasteiger partial charge in [-0.25, -0.2) is 4.79 Å². The molecule has 2 unspecified atom stereocenters. The van der Waals surface area contributed by atoms with E-state index < -0.39 is 24.8 Å². The summed E-state index contributed by atoms with van der Waals surface area (Å²) in [5.41, 5.74) is 1.50. The second kappa shape index (κ2) is 5.40. The van der Waals surface area contributed by atoms with Crippen LogP contribution in [0.1, 0.15) is 22.0 Å². The molecule has 6 heteroatoms. The molecule has 2 atom stereocenters. The van der Waals surface area contributed by atoms with Crippen molar-refractivity contribution in [1.82, 2.24) is 4.98 Å². The Balaban J connectivity index is 2.42. The van der Waals surface area contributed by atoms with Gasteiger partial charge in [0.2, 0.25) is 0 Å². The van der Waals surface area contributed by atoms with Crippen LogP contribution < -0.4 is 0 Å². The molecule has 0 amide bonds. The molecule has 0 saturated heterocycles. The van der Waals surface area contributed by atoms with Gasteiger partial charge in [-0.15, -0.1) is 0 Å². The summed E-state index contributed by atoms with van der Waals surface area (Å²) in [5, 5.41) is 28.8. The molecule has 0 radical (unpaired) electrons. The molecule has 0 fully saturated rings. The van der Waals surface area contributed by atoms with Gasteiger partial charge < -0.3 is 25.0 Å². The van der Waals surface area contributed by atoms with E-state index in [1.54, 1.807) is 18.2 Å². The number of fused-ring (bicyclic) bond motifs is 1. The number of nitrogens with one attached hydrogen (secondary N) is 1. The van der Waals surface area contributed by atoms with Crippen LogP contribution in [0.5, 0.6) is 0 Å². The number of ether oxygens (including phenoxy) is 1. The van der Waals surface area contributed by atoms with Gasteiger partial charge in [-0.2, -0.15) is 0 Å². The molecule has 2 rings (SSSR count). The molecule has 0 spiro atoms. The summed E-state index contributed by atoms with van der Waals surface area (Å²) >= 11 is 0. The minimum Gasteiger partial charge on any atom is -0.465 e.